The molecule has 0 unspecified atom stereocenters. The molecule has 1 aliphatic rings. The highest BCUT2D eigenvalue weighted by Gasteiger charge is 1.88. The standard InChI is InChI=1S/C5H9N.C2H6O.CH2O3/c1-2-4-6-5-3-1;1-2-3;2-1(3)4/h4H,1-3,5H2;3H,2H2,1H3;(H2,2,3,4). The number of aliphatic hydroxyl groups excluding tert-OH is 1. The molecule has 3 N–H and O–H groups in total. The van der Waals surface area contributed by atoms with Gasteiger partial charge in [-0.3, -0.25) is 4.99 Å². The summed E-state index contributed by atoms with van der Waals surface area (Å²) in [4.78, 5) is 12.6. The lowest BCUT2D eigenvalue weighted by Gasteiger charge is -1.97. The predicted molar refractivity (Wildman–Crippen MR) is 50.6 cm³/mol. The van der Waals surface area contributed by atoms with Gasteiger partial charge in [-0.25, -0.2) is 4.79 Å². The predicted octanol–water partition coefficient (Wildman–Crippen LogP) is 1.46. The smallest absolute Gasteiger partial charge is 0.450 e. The summed E-state index contributed by atoms with van der Waals surface area (Å²) >= 11 is 0. The largest absolute Gasteiger partial charge is 0.503 e. The van der Waals surface area contributed by atoms with Gasteiger partial charge in [0.25, 0.3) is 0 Å². The minimum absolute atomic E-state index is 0.250. The fraction of sp³-hybridized carbons (Fsp3) is 0.750. The van der Waals surface area contributed by atoms with Gasteiger partial charge >= 0.3 is 6.16 Å². The molecule has 0 bridgehead atoms. The zero-order valence-corrected chi connectivity index (χ0v) is 7.81. The van der Waals surface area contributed by atoms with Gasteiger partial charge in [0.15, 0.2) is 0 Å². The number of hydrogen-bond acceptors (Lipinski definition) is 3. The van der Waals surface area contributed by atoms with Crippen LogP contribution >= 0.6 is 0 Å². The third kappa shape index (κ3) is 36.0. The molecule has 1 rings (SSSR count). The molecule has 0 saturated carbocycles. The number of rotatable bonds is 0. The summed E-state index contributed by atoms with van der Waals surface area (Å²) in [5, 5.41) is 21.5. The molecular weight excluding hydrogens is 174 g/mol. The molecule has 0 aliphatic carbocycles. The Morgan fingerprint density at radius 2 is 1.92 bits per heavy atom. The third-order valence-electron chi connectivity index (χ3n) is 1.000. The van der Waals surface area contributed by atoms with Crippen LogP contribution in [0.2, 0.25) is 0 Å². The van der Waals surface area contributed by atoms with Crippen LogP contribution in [-0.2, 0) is 0 Å². The first-order valence-corrected chi connectivity index (χ1v) is 4.16. The van der Waals surface area contributed by atoms with Crippen LogP contribution in [-0.4, -0.2) is 40.8 Å². The van der Waals surface area contributed by atoms with Crippen LogP contribution < -0.4 is 0 Å². The number of nitrogens with zero attached hydrogens (tertiary/aromatic N) is 1. The van der Waals surface area contributed by atoms with Crippen molar-refractivity contribution in [1.82, 2.24) is 0 Å². The van der Waals surface area contributed by atoms with Crippen molar-refractivity contribution in [1.29, 1.82) is 0 Å². The van der Waals surface area contributed by atoms with E-state index in [9.17, 15) is 0 Å². The number of hydrogen-bond donors (Lipinski definition) is 3. The third-order valence-corrected chi connectivity index (χ3v) is 1.000. The minimum atomic E-state index is -1.83. The van der Waals surface area contributed by atoms with Gasteiger partial charge in [0.05, 0.1) is 0 Å². The molecule has 0 saturated heterocycles. The van der Waals surface area contributed by atoms with Crippen molar-refractivity contribution in [3.05, 3.63) is 0 Å². The lowest BCUT2D eigenvalue weighted by Crippen LogP contribution is -1.89. The topological polar surface area (TPSA) is 90.1 Å². The fourth-order valence-electron chi connectivity index (χ4n) is 0.621. The average molecular weight is 191 g/mol. The Balaban J connectivity index is 0. The molecule has 0 fully saturated rings. The molecule has 0 atom stereocenters. The quantitative estimate of drug-likeness (QED) is 0.540. The van der Waals surface area contributed by atoms with Crippen LogP contribution in [0.5, 0.6) is 0 Å². The van der Waals surface area contributed by atoms with Crippen molar-refractivity contribution in [3.63, 3.8) is 0 Å². The van der Waals surface area contributed by atoms with Crippen molar-refractivity contribution >= 4 is 12.4 Å². The maximum Gasteiger partial charge on any atom is 0.503 e. The SMILES string of the molecule is C1=NCCCC1.CCO.O=C(O)O. The monoisotopic (exact) mass is 191 g/mol. The first-order chi connectivity index (χ1) is 6.15. The van der Waals surface area contributed by atoms with E-state index in [-0.39, 0.29) is 6.61 Å². The summed E-state index contributed by atoms with van der Waals surface area (Å²) in [5.74, 6) is 0. The summed E-state index contributed by atoms with van der Waals surface area (Å²) in [6.45, 7) is 3.00. The van der Waals surface area contributed by atoms with Crippen molar-refractivity contribution in [2.45, 2.75) is 26.2 Å². The van der Waals surface area contributed by atoms with Crippen LogP contribution in [0.25, 0.3) is 0 Å². The minimum Gasteiger partial charge on any atom is -0.450 e. The van der Waals surface area contributed by atoms with Gasteiger partial charge in [0.2, 0.25) is 0 Å². The molecule has 0 spiro atoms. The highest BCUT2D eigenvalue weighted by atomic mass is 16.6. The molecule has 5 heteroatoms. The maximum atomic E-state index is 8.56. The second-order valence-electron chi connectivity index (χ2n) is 2.18. The molecule has 0 amide bonds. The van der Waals surface area contributed by atoms with Gasteiger partial charge in [-0.05, 0) is 32.4 Å². The summed E-state index contributed by atoms with van der Waals surface area (Å²) in [5.41, 5.74) is 0. The van der Waals surface area contributed by atoms with E-state index in [1.807, 2.05) is 6.21 Å². The Morgan fingerprint density at radius 1 is 1.46 bits per heavy atom. The van der Waals surface area contributed by atoms with Crippen LogP contribution in [0.3, 0.4) is 0 Å². The van der Waals surface area contributed by atoms with Crippen LogP contribution in [0, 0.1) is 0 Å². The van der Waals surface area contributed by atoms with Crippen LogP contribution in [0.15, 0.2) is 4.99 Å². The second-order valence-corrected chi connectivity index (χ2v) is 2.18. The normalized spacial score (nSPS) is 13.1. The van der Waals surface area contributed by atoms with Crippen LogP contribution in [0.4, 0.5) is 4.79 Å². The number of carboxylic acid groups (broad SMARTS) is 2. The van der Waals surface area contributed by atoms with E-state index in [0.29, 0.717) is 0 Å². The number of carbonyl (C=O) groups is 1. The average Bonchev–Trinajstić information content (AvgIpc) is 2.08. The van der Waals surface area contributed by atoms with Gasteiger partial charge in [-0.15, -0.1) is 0 Å². The van der Waals surface area contributed by atoms with Gasteiger partial charge in [-0.1, -0.05) is 0 Å². The van der Waals surface area contributed by atoms with E-state index in [1.54, 1.807) is 6.92 Å². The highest BCUT2D eigenvalue weighted by molar-refractivity contribution is 5.57. The Kier molecular flexibility index (Phi) is 15.0. The zero-order valence-electron chi connectivity index (χ0n) is 7.81. The molecule has 0 aromatic rings. The molecule has 1 heterocycles. The van der Waals surface area contributed by atoms with Crippen molar-refractivity contribution in [2.24, 2.45) is 4.99 Å². The molecule has 78 valence electrons. The van der Waals surface area contributed by atoms with Crippen LogP contribution in [0.1, 0.15) is 26.2 Å². The summed E-state index contributed by atoms with van der Waals surface area (Å²) in [6, 6.07) is 0. The molecule has 0 aromatic carbocycles. The Morgan fingerprint density at radius 3 is 2.00 bits per heavy atom. The van der Waals surface area contributed by atoms with E-state index in [4.69, 9.17) is 20.1 Å². The van der Waals surface area contributed by atoms with Gasteiger partial charge in [0, 0.05) is 13.2 Å². The Labute approximate surface area is 77.7 Å². The van der Waals surface area contributed by atoms with Gasteiger partial charge in [0.1, 0.15) is 0 Å². The molecular formula is C8H17NO4. The Hall–Kier alpha value is -1.10. The van der Waals surface area contributed by atoms with Crippen molar-refractivity contribution in [3.8, 4) is 0 Å². The van der Waals surface area contributed by atoms with E-state index < -0.39 is 6.16 Å². The zero-order chi connectivity index (χ0) is 10.5. The molecule has 5 nitrogen and oxygen atoms in total. The molecule has 0 aromatic heterocycles. The molecule has 13 heavy (non-hydrogen) atoms. The molecule has 1 aliphatic heterocycles. The summed E-state index contributed by atoms with van der Waals surface area (Å²) in [6.07, 6.45) is 4.05. The number of aliphatic imine (C=N–C) groups is 1. The number of aliphatic hydroxyl groups is 1. The second kappa shape index (κ2) is 13.5. The summed E-state index contributed by atoms with van der Waals surface area (Å²) < 4.78 is 0. The summed E-state index contributed by atoms with van der Waals surface area (Å²) in [7, 11) is 0. The first kappa shape index (κ1) is 14.4. The Bertz CT molecular complexity index is 124. The maximum absolute atomic E-state index is 8.56. The van der Waals surface area contributed by atoms with Gasteiger partial charge < -0.3 is 15.3 Å². The fourth-order valence-corrected chi connectivity index (χ4v) is 0.621. The lowest BCUT2D eigenvalue weighted by molar-refractivity contribution is 0.137. The highest BCUT2D eigenvalue weighted by Crippen LogP contribution is 1.97. The lowest BCUT2D eigenvalue weighted by atomic mass is 10.2. The van der Waals surface area contributed by atoms with E-state index in [2.05, 4.69) is 4.99 Å². The van der Waals surface area contributed by atoms with Gasteiger partial charge in [-0.2, -0.15) is 0 Å². The first-order valence-electron chi connectivity index (χ1n) is 4.16. The van der Waals surface area contributed by atoms with E-state index >= 15 is 0 Å². The molecule has 0 radical (unpaired) electrons. The van der Waals surface area contributed by atoms with E-state index in [0.717, 1.165) is 6.54 Å². The van der Waals surface area contributed by atoms with Crippen molar-refractivity contribution in [2.75, 3.05) is 13.2 Å². The van der Waals surface area contributed by atoms with E-state index in [1.165, 1.54) is 19.3 Å². The van der Waals surface area contributed by atoms with Crippen molar-refractivity contribution < 1.29 is 20.1 Å².